The molecular weight excluding hydrogens is 433 g/mol. The van der Waals surface area contributed by atoms with Gasteiger partial charge in [-0.25, -0.2) is 4.39 Å². The second-order valence-electron chi connectivity index (χ2n) is 8.98. The number of para-hydroxylation sites is 1. The molecule has 35 heavy (non-hydrogen) atoms. The third kappa shape index (κ3) is 3.79. The first-order chi connectivity index (χ1) is 17.4. The highest BCUT2D eigenvalue weighted by Gasteiger charge is 2.18. The van der Waals surface area contributed by atoms with Gasteiger partial charge in [-0.3, -0.25) is 4.98 Å². The summed E-state index contributed by atoms with van der Waals surface area (Å²) in [7, 11) is 0. The molecule has 6 aromatic rings. The van der Waals surface area contributed by atoms with E-state index in [0.717, 1.165) is 61.0 Å². The van der Waals surface area contributed by atoms with Crippen molar-refractivity contribution in [2.24, 2.45) is 0 Å². The number of aromatic nitrogens is 1. The zero-order valence-electron chi connectivity index (χ0n) is 20.5. The summed E-state index contributed by atoms with van der Waals surface area (Å²) in [6.07, 6.45) is 1.75. The van der Waals surface area contributed by atoms with Gasteiger partial charge in [0, 0.05) is 23.9 Å². The predicted octanol–water partition coefficient (Wildman–Crippen LogP) is 9.24. The van der Waals surface area contributed by atoms with Crippen LogP contribution in [0.5, 0.6) is 0 Å². The first-order valence-electron chi connectivity index (χ1n) is 12.2. The van der Waals surface area contributed by atoms with E-state index in [-0.39, 0.29) is 5.82 Å². The molecular formula is C32H24FNO. The largest absolute Gasteiger partial charge is 0.455 e. The molecule has 0 radical (unpaired) electrons. The van der Waals surface area contributed by atoms with Gasteiger partial charge < -0.3 is 4.42 Å². The highest BCUT2D eigenvalue weighted by atomic mass is 19.1. The van der Waals surface area contributed by atoms with Crippen molar-refractivity contribution in [2.75, 3.05) is 0 Å². The molecule has 0 saturated heterocycles. The van der Waals surface area contributed by atoms with Gasteiger partial charge in [0.25, 0.3) is 0 Å². The number of benzene rings is 4. The number of pyridine rings is 1. The maximum absolute atomic E-state index is 14.2. The second-order valence-corrected chi connectivity index (χ2v) is 8.98. The monoisotopic (exact) mass is 458 g/mol. The van der Waals surface area contributed by atoms with Crippen molar-refractivity contribution in [2.45, 2.75) is 19.7 Å². The van der Waals surface area contributed by atoms with Crippen molar-refractivity contribution in [3.63, 3.8) is 0 Å². The van der Waals surface area contributed by atoms with E-state index in [1.807, 2.05) is 68.4 Å². The number of rotatable bonds is 4. The lowest BCUT2D eigenvalue weighted by atomic mass is 9.92. The Kier molecular flexibility index (Phi) is 4.91. The molecule has 0 aliphatic heterocycles. The molecule has 170 valence electrons. The number of furan rings is 1. The van der Waals surface area contributed by atoms with Crippen LogP contribution in [0, 0.1) is 5.82 Å². The summed E-state index contributed by atoms with van der Waals surface area (Å²) in [6.45, 7) is 3.74. The van der Waals surface area contributed by atoms with E-state index < -0.39 is 5.89 Å². The molecule has 2 nitrogen and oxygen atoms in total. The van der Waals surface area contributed by atoms with Crippen LogP contribution < -0.4 is 0 Å². The molecule has 0 aliphatic carbocycles. The van der Waals surface area contributed by atoms with Gasteiger partial charge in [0.2, 0.25) is 0 Å². The van der Waals surface area contributed by atoms with E-state index in [9.17, 15) is 4.39 Å². The van der Waals surface area contributed by atoms with Crippen LogP contribution in [0.25, 0.3) is 55.4 Å². The van der Waals surface area contributed by atoms with Crippen LogP contribution >= 0.6 is 0 Å². The number of halogens is 1. The molecule has 2 aromatic heterocycles. The van der Waals surface area contributed by atoms with E-state index in [0.29, 0.717) is 0 Å². The molecule has 0 atom stereocenters. The molecule has 0 fully saturated rings. The Morgan fingerprint density at radius 3 is 2.31 bits per heavy atom. The Hall–Kier alpha value is -4.24. The van der Waals surface area contributed by atoms with Gasteiger partial charge in [-0.1, -0.05) is 68.4 Å². The second kappa shape index (κ2) is 8.52. The molecule has 6 rings (SSSR count). The Bertz CT molecular complexity index is 1730. The third-order valence-electron chi connectivity index (χ3n) is 6.47. The summed E-state index contributed by atoms with van der Waals surface area (Å²) >= 11 is 0. The van der Waals surface area contributed by atoms with Crippen molar-refractivity contribution in [3.05, 3.63) is 115 Å². The Balaban J connectivity index is 1.63. The van der Waals surface area contributed by atoms with Crippen molar-refractivity contribution in [3.8, 4) is 33.5 Å². The number of fused-ring (bicyclic) bond motifs is 3. The average Bonchev–Trinajstić information content (AvgIpc) is 3.26. The minimum absolute atomic E-state index is 0.276. The highest BCUT2D eigenvalue weighted by molar-refractivity contribution is 6.12. The lowest BCUT2D eigenvalue weighted by Gasteiger charge is -2.11. The molecule has 3 heteroatoms. The third-order valence-corrected chi connectivity index (χ3v) is 6.47. The van der Waals surface area contributed by atoms with Crippen LogP contribution in [0.3, 0.4) is 0 Å². The zero-order valence-corrected chi connectivity index (χ0v) is 19.5. The van der Waals surface area contributed by atoms with Crippen LogP contribution in [0.15, 0.2) is 108 Å². The first kappa shape index (κ1) is 20.2. The Labute approximate surface area is 205 Å². The maximum atomic E-state index is 14.2. The molecule has 0 bridgehead atoms. The molecule has 0 spiro atoms. The summed E-state index contributed by atoms with van der Waals surface area (Å²) in [4.78, 5) is 4.60. The molecule has 4 aromatic carbocycles. The molecule has 2 heterocycles. The molecule has 0 aliphatic rings. The van der Waals surface area contributed by atoms with Gasteiger partial charge in [0.1, 0.15) is 17.0 Å². The summed E-state index contributed by atoms with van der Waals surface area (Å²) in [5, 5.41) is 1.98. The highest BCUT2D eigenvalue weighted by Crippen LogP contribution is 2.41. The first-order valence-corrected chi connectivity index (χ1v) is 11.7. The molecule has 0 saturated carbocycles. The molecule has 0 amide bonds. The van der Waals surface area contributed by atoms with Crippen LogP contribution in [-0.4, -0.2) is 4.98 Å². The topological polar surface area (TPSA) is 26.0 Å². The lowest BCUT2D eigenvalue weighted by molar-refractivity contribution is 0.628. The van der Waals surface area contributed by atoms with Gasteiger partial charge in [-0.15, -0.1) is 0 Å². The van der Waals surface area contributed by atoms with Gasteiger partial charge in [-0.05, 0) is 76.2 Å². The fourth-order valence-corrected chi connectivity index (χ4v) is 4.69. The summed E-state index contributed by atoms with van der Waals surface area (Å²) in [6, 6.07) is 30.8. The van der Waals surface area contributed by atoms with Crippen molar-refractivity contribution in [1.29, 1.82) is 0 Å². The van der Waals surface area contributed by atoms with Crippen molar-refractivity contribution in [1.82, 2.24) is 4.98 Å². The van der Waals surface area contributed by atoms with Crippen LogP contribution in [0.4, 0.5) is 4.39 Å². The SMILES string of the molecule is [2H]C(C)(C)c1ccnc(-c2cccc3c2oc2cc(-c4cccc(F)c4)c(-c4ccccc4)cc23)c1. The predicted molar refractivity (Wildman–Crippen MR) is 142 cm³/mol. The zero-order chi connectivity index (χ0) is 24.9. The van der Waals surface area contributed by atoms with Crippen LogP contribution in [0.2, 0.25) is 0 Å². The summed E-state index contributed by atoms with van der Waals surface area (Å²) in [5.74, 6) is -1.01. The minimum atomic E-state index is -0.732. The van der Waals surface area contributed by atoms with Crippen LogP contribution in [0.1, 0.15) is 26.7 Å². The summed E-state index contributed by atoms with van der Waals surface area (Å²) < 4.78 is 29.1. The number of hydrogen-bond donors (Lipinski definition) is 0. The smallest absolute Gasteiger partial charge is 0.144 e. The molecule has 0 N–H and O–H groups in total. The fourth-order valence-electron chi connectivity index (χ4n) is 4.69. The van der Waals surface area contributed by atoms with E-state index in [1.165, 1.54) is 6.07 Å². The van der Waals surface area contributed by atoms with Crippen LogP contribution in [-0.2, 0) is 0 Å². The lowest BCUT2D eigenvalue weighted by Crippen LogP contribution is -1.90. The average molecular weight is 459 g/mol. The van der Waals surface area contributed by atoms with Crippen molar-refractivity contribution < 1.29 is 10.2 Å². The van der Waals surface area contributed by atoms with Gasteiger partial charge in [0.05, 0.1) is 5.69 Å². The quantitative estimate of drug-likeness (QED) is 0.263. The van der Waals surface area contributed by atoms with E-state index in [1.54, 1.807) is 18.3 Å². The normalized spacial score (nSPS) is 12.3. The fraction of sp³-hybridized carbons (Fsp3) is 0.0938. The van der Waals surface area contributed by atoms with E-state index >= 15 is 0 Å². The summed E-state index contributed by atoms with van der Waals surface area (Å²) in [5.41, 5.74) is 7.78. The minimum Gasteiger partial charge on any atom is -0.455 e. The number of nitrogens with zero attached hydrogens (tertiary/aromatic N) is 1. The Morgan fingerprint density at radius 2 is 1.51 bits per heavy atom. The molecule has 0 unspecified atom stereocenters. The van der Waals surface area contributed by atoms with E-state index in [2.05, 4.69) is 29.2 Å². The maximum Gasteiger partial charge on any atom is 0.144 e. The van der Waals surface area contributed by atoms with Gasteiger partial charge in [-0.2, -0.15) is 0 Å². The Morgan fingerprint density at radius 1 is 0.743 bits per heavy atom. The standard InChI is InChI=1S/C32H24FNO/c1-20(2)22-14-15-34-30(17-22)26-13-7-12-25-29-18-27(21-8-4-3-5-9-21)28(19-31(29)35-32(25)26)23-10-6-11-24(33)16-23/h3-20H,1-2H3/i20D. The number of hydrogen-bond acceptors (Lipinski definition) is 2. The van der Waals surface area contributed by atoms with Gasteiger partial charge >= 0.3 is 0 Å². The van der Waals surface area contributed by atoms with E-state index in [4.69, 9.17) is 5.79 Å². The van der Waals surface area contributed by atoms with Gasteiger partial charge in [0.15, 0.2) is 0 Å². The van der Waals surface area contributed by atoms with Crippen molar-refractivity contribution >= 4 is 21.9 Å².